The third-order valence-corrected chi connectivity index (χ3v) is 6.11. The molecule has 0 saturated carbocycles. The van der Waals surface area contributed by atoms with Crippen molar-refractivity contribution < 1.29 is 4.79 Å². The molecule has 5 nitrogen and oxygen atoms in total. The summed E-state index contributed by atoms with van der Waals surface area (Å²) < 4.78 is 1.97. The molecule has 1 aliphatic rings. The highest BCUT2D eigenvalue weighted by Crippen LogP contribution is 2.40. The van der Waals surface area contributed by atoms with Crippen LogP contribution in [0.3, 0.4) is 0 Å². The summed E-state index contributed by atoms with van der Waals surface area (Å²) in [6.07, 6.45) is 2.66. The molecule has 3 atom stereocenters. The highest BCUT2D eigenvalue weighted by Gasteiger charge is 2.40. The Morgan fingerprint density at radius 1 is 1.03 bits per heavy atom. The molecule has 31 heavy (non-hydrogen) atoms. The Balaban J connectivity index is 1.60. The number of carbonyl (C=O) groups is 1. The number of benzene rings is 2. The van der Waals surface area contributed by atoms with Gasteiger partial charge in [-0.05, 0) is 75.2 Å². The minimum Gasteiger partial charge on any atom is -0.325 e. The third kappa shape index (κ3) is 4.95. The summed E-state index contributed by atoms with van der Waals surface area (Å²) in [6.45, 7) is 6.36. The first-order chi connectivity index (χ1) is 14.7. The van der Waals surface area contributed by atoms with Gasteiger partial charge in [0.25, 0.3) is 0 Å². The lowest BCUT2D eigenvalue weighted by molar-refractivity contribution is -0.117. The van der Waals surface area contributed by atoms with Crippen molar-refractivity contribution >= 4 is 34.8 Å². The number of nitrogens with zero attached hydrogens (tertiary/aromatic N) is 2. The van der Waals surface area contributed by atoms with Crippen molar-refractivity contribution in [1.29, 1.82) is 0 Å². The monoisotopic (exact) mass is 456 g/mol. The number of anilines is 1. The normalized spacial score (nSPS) is 21.3. The lowest BCUT2D eigenvalue weighted by Crippen LogP contribution is -2.36. The molecule has 162 valence electrons. The number of carbonyl (C=O) groups excluding carboxylic acids is 1. The highest BCUT2D eigenvalue weighted by atomic mass is 35.5. The first-order valence-electron chi connectivity index (χ1n) is 10.3. The Morgan fingerprint density at radius 2 is 1.65 bits per heavy atom. The number of hydrogen-bond donors (Lipinski definition) is 2. The van der Waals surface area contributed by atoms with Gasteiger partial charge in [-0.1, -0.05) is 35.3 Å². The molecule has 2 N–H and O–H groups in total. The highest BCUT2D eigenvalue weighted by molar-refractivity contribution is 6.30. The van der Waals surface area contributed by atoms with Crippen molar-refractivity contribution in [3.63, 3.8) is 0 Å². The van der Waals surface area contributed by atoms with Crippen LogP contribution in [-0.2, 0) is 10.3 Å². The van der Waals surface area contributed by atoms with Gasteiger partial charge in [0.05, 0.1) is 17.3 Å². The first-order valence-corrected chi connectivity index (χ1v) is 11.1. The molecule has 0 radical (unpaired) electrons. The van der Waals surface area contributed by atoms with Crippen molar-refractivity contribution in [2.45, 2.75) is 50.7 Å². The van der Waals surface area contributed by atoms with Crippen molar-refractivity contribution in [2.75, 3.05) is 5.32 Å². The summed E-state index contributed by atoms with van der Waals surface area (Å²) >= 11 is 12.0. The predicted octanol–water partition coefficient (Wildman–Crippen LogP) is 5.77. The van der Waals surface area contributed by atoms with Gasteiger partial charge < -0.3 is 5.32 Å². The Morgan fingerprint density at radius 3 is 2.23 bits per heavy atom. The van der Waals surface area contributed by atoms with E-state index < -0.39 is 0 Å². The second-order valence-electron chi connectivity index (χ2n) is 8.94. The van der Waals surface area contributed by atoms with E-state index in [1.807, 2.05) is 35.1 Å². The Kier molecular flexibility index (Phi) is 6.11. The third-order valence-electron chi connectivity index (χ3n) is 5.61. The molecule has 0 unspecified atom stereocenters. The van der Waals surface area contributed by atoms with Gasteiger partial charge in [0.1, 0.15) is 0 Å². The van der Waals surface area contributed by atoms with Crippen LogP contribution in [0.5, 0.6) is 0 Å². The van der Waals surface area contributed by atoms with E-state index in [1.54, 1.807) is 24.3 Å². The van der Waals surface area contributed by atoms with E-state index in [0.717, 1.165) is 16.9 Å². The topological polar surface area (TPSA) is 59.0 Å². The van der Waals surface area contributed by atoms with Gasteiger partial charge in [0.15, 0.2) is 0 Å². The lowest BCUT2D eigenvalue weighted by atomic mass is 9.90. The van der Waals surface area contributed by atoms with Crippen LogP contribution in [0.4, 0.5) is 5.69 Å². The molecular formula is C24H26Cl2N4O. The van der Waals surface area contributed by atoms with Crippen LogP contribution < -0.4 is 10.6 Å². The van der Waals surface area contributed by atoms with Crippen LogP contribution >= 0.6 is 23.2 Å². The average Bonchev–Trinajstić information content (AvgIpc) is 3.37. The molecule has 2 heterocycles. The molecule has 2 aromatic carbocycles. The molecule has 1 amide bonds. The van der Waals surface area contributed by atoms with Gasteiger partial charge in [-0.15, -0.1) is 0 Å². The zero-order valence-corrected chi connectivity index (χ0v) is 19.3. The van der Waals surface area contributed by atoms with E-state index in [-0.39, 0.29) is 29.4 Å². The van der Waals surface area contributed by atoms with Gasteiger partial charge in [-0.3, -0.25) is 14.8 Å². The van der Waals surface area contributed by atoms with Crippen LogP contribution in [0, 0.1) is 0 Å². The summed E-state index contributed by atoms with van der Waals surface area (Å²) in [5, 5.41) is 12.7. The Hall–Kier alpha value is -2.34. The van der Waals surface area contributed by atoms with Crippen molar-refractivity contribution in [2.24, 2.45) is 0 Å². The predicted molar refractivity (Wildman–Crippen MR) is 126 cm³/mol. The fraction of sp³-hybridized carbons (Fsp3) is 0.333. The largest absolute Gasteiger partial charge is 0.325 e. The van der Waals surface area contributed by atoms with Gasteiger partial charge >= 0.3 is 0 Å². The van der Waals surface area contributed by atoms with E-state index in [1.165, 1.54) is 0 Å². The molecule has 0 spiro atoms. The van der Waals surface area contributed by atoms with Crippen LogP contribution in [0.1, 0.15) is 50.4 Å². The summed E-state index contributed by atoms with van der Waals surface area (Å²) in [5.74, 6) is -0.00946. The van der Waals surface area contributed by atoms with Crippen LogP contribution in [0.15, 0.2) is 60.8 Å². The van der Waals surface area contributed by atoms with Gasteiger partial charge in [0.2, 0.25) is 5.91 Å². The maximum absolute atomic E-state index is 13.0. The maximum Gasteiger partial charge on any atom is 0.241 e. The number of aromatic nitrogens is 2. The number of rotatable bonds is 4. The van der Waals surface area contributed by atoms with E-state index in [0.29, 0.717) is 16.5 Å². The molecule has 0 aliphatic carbocycles. The van der Waals surface area contributed by atoms with E-state index in [9.17, 15) is 4.79 Å². The van der Waals surface area contributed by atoms with Crippen molar-refractivity contribution in [1.82, 2.24) is 15.1 Å². The quantitative estimate of drug-likeness (QED) is 0.523. The van der Waals surface area contributed by atoms with Crippen LogP contribution in [0.25, 0.3) is 0 Å². The minimum absolute atomic E-state index is 0.0402. The summed E-state index contributed by atoms with van der Waals surface area (Å²) in [4.78, 5) is 13.0. The zero-order valence-electron chi connectivity index (χ0n) is 17.8. The molecule has 1 fully saturated rings. The lowest BCUT2D eigenvalue weighted by Gasteiger charge is -2.21. The number of nitrogens with one attached hydrogen (secondary N) is 2. The minimum atomic E-state index is -0.346. The standard InChI is InChI=1S/C24H26Cl2N4O/c1-24(2,3)30-13-12-20(29-30)19-14-21(23(31)27-18-10-8-17(26)9-11-18)28-22(19)15-4-6-16(25)7-5-15/h4-13,19,21-22,28H,14H2,1-3H3,(H,27,31)/t19-,21-,22-/m0/s1. The molecule has 0 bridgehead atoms. The second-order valence-corrected chi connectivity index (χ2v) is 9.82. The number of hydrogen-bond acceptors (Lipinski definition) is 3. The second kappa shape index (κ2) is 8.65. The van der Waals surface area contributed by atoms with Crippen molar-refractivity contribution in [3.8, 4) is 0 Å². The summed E-state index contributed by atoms with van der Waals surface area (Å²) in [7, 11) is 0. The molecule has 1 saturated heterocycles. The summed E-state index contributed by atoms with van der Waals surface area (Å²) in [5.41, 5.74) is 2.68. The van der Waals surface area contributed by atoms with Gasteiger partial charge in [-0.25, -0.2) is 0 Å². The Bertz CT molecular complexity index is 1050. The van der Waals surface area contributed by atoms with E-state index in [2.05, 4.69) is 37.5 Å². The molecule has 7 heteroatoms. The first kappa shape index (κ1) is 21.9. The number of halogens is 2. The van der Waals surface area contributed by atoms with Crippen molar-refractivity contribution in [3.05, 3.63) is 82.1 Å². The summed E-state index contributed by atoms with van der Waals surface area (Å²) in [6, 6.07) is 16.6. The number of amides is 1. The molecule has 3 aromatic rings. The van der Waals surface area contributed by atoms with E-state index in [4.69, 9.17) is 28.3 Å². The van der Waals surface area contributed by atoms with Crippen LogP contribution in [0.2, 0.25) is 10.0 Å². The van der Waals surface area contributed by atoms with Gasteiger partial charge in [0, 0.05) is 33.9 Å². The van der Waals surface area contributed by atoms with E-state index >= 15 is 0 Å². The van der Waals surface area contributed by atoms with Gasteiger partial charge in [-0.2, -0.15) is 5.10 Å². The molecular weight excluding hydrogens is 431 g/mol. The SMILES string of the molecule is CC(C)(C)n1ccc([C@@H]2C[C@@H](C(=O)Nc3ccc(Cl)cc3)N[C@H]2c2ccc(Cl)cc2)n1. The fourth-order valence-corrected chi connectivity index (χ4v) is 4.19. The smallest absolute Gasteiger partial charge is 0.241 e. The molecule has 4 rings (SSSR count). The molecule has 1 aliphatic heterocycles. The zero-order chi connectivity index (χ0) is 22.2. The average molecular weight is 457 g/mol. The van der Waals surface area contributed by atoms with Crippen LogP contribution in [-0.4, -0.2) is 21.7 Å². The Labute approximate surface area is 192 Å². The fourth-order valence-electron chi connectivity index (χ4n) is 3.94. The maximum atomic E-state index is 13.0. The molecule has 1 aromatic heterocycles.